The summed E-state index contributed by atoms with van der Waals surface area (Å²) in [6.45, 7) is 4.25. The lowest BCUT2D eigenvalue weighted by Gasteiger charge is -2.28. The number of hydrogen-bond acceptors (Lipinski definition) is 2. The number of H-pyrrole nitrogens is 2. The molecule has 0 bridgehead atoms. The molecule has 8 heteroatoms. The smallest absolute Gasteiger partial charge is 0.337 e. The summed E-state index contributed by atoms with van der Waals surface area (Å²) in [6.07, 6.45) is -1.41. The zero-order chi connectivity index (χ0) is 19.6. The minimum Gasteiger partial charge on any atom is -0.337 e. The van der Waals surface area contributed by atoms with E-state index in [0.717, 1.165) is 67.9 Å². The van der Waals surface area contributed by atoms with Crippen molar-refractivity contribution in [2.45, 2.75) is 12.7 Å². The van der Waals surface area contributed by atoms with Crippen LogP contribution in [0.4, 0.5) is 19.0 Å². The number of hydrogen-bond donors (Lipinski definition) is 2. The van der Waals surface area contributed by atoms with Gasteiger partial charge in [-0.15, -0.1) is 0 Å². The van der Waals surface area contributed by atoms with E-state index in [-0.39, 0.29) is 0 Å². The monoisotopic (exact) mass is 389 g/mol. The number of quaternary nitrogens is 1. The second kappa shape index (κ2) is 7.63. The van der Waals surface area contributed by atoms with Gasteiger partial charge in [0, 0.05) is 11.6 Å². The number of rotatable bonds is 4. The molecule has 0 radical (unpaired) electrons. The molecule has 3 N–H and O–H groups in total. The number of pyridine rings is 1. The van der Waals surface area contributed by atoms with Crippen molar-refractivity contribution >= 4 is 5.82 Å². The molecule has 0 amide bonds. The number of aromatic amines is 2. The van der Waals surface area contributed by atoms with Gasteiger partial charge in [0.05, 0.1) is 17.5 Å². The van der Waals surface area contributed by atoms with Crippen LogP contribution in [0.15, 0.2) is 54.9 Å². The lowest BCUT2D eigenvalue weighted by molar-refractivity contribution is -0.914. The highest BCUT2D eigenvalue weighted by atomic mass is 19.4. The van der Waals surface area contributed by atoms with E-state index in [1.165, 1.54) is 11.0 Å². The Bertz CT molecular complexity index is 898. The number of nitrogens with one attached hydrogen (secondary N) is 3. The van der Waals surface area contributed by atoms with Crippen molar-refractivity contribution in [1.82, 2.24) is 9.97 Å². The Hall–Kier alpha value is -2.87. The number of piperazine rings is 1. The maximum Gasteiger partial charge on any atom is 0.419 e. The molecule has 146 valence electrons. The van der Waals surface area contributed by atoms with Crippen LogP contribution in [0.5, 0.6) is 0 Å². The molecule has 1 aliphatic rings. The predicted octanol–water partition coefficient (Wildman–Crippen LogP) is 1.81. The Morgan fingerprint density at radius 2 is 1.82 bits per heavy atom. The van der Waals surface area contributed by atoms with Gasteiger partial charge in [-0.25, -0.2) is 9.97 Å². The van der Waals surface area contributed by atoms with E-state index < -0.39 is 11.7 Å². The van der Waals surface area contributed by atoms with Crippen LogP contribution in [0.25, 0.3) is 11.4 Å². The van der Waals surface area contributed by atoms with Gasteiger partial charge in [0.2, 0.25) is 0 Å². The number of alkyl halides is 3. The number of anilines is 1. The molecule has 28 heavy (non-hydrogen) atoms. The van der Waals surface area contributed by atoms with Crippen molar-refractivity contribution in [1.29, 1.82) is 0 Å². The van der Waals surface area contributed by atoms with Gasteiger partial charge in [-0.2, -0.15) is 13.2 Å². The summed E-state index contributed by atoms with van der Waals surface area (Å²) in [5, 5.41) is 0. The van der Waals surface area contributed by atoms with E-state index in [1.54, 1.807) is 0 Å². The molecule has 5 nitrogen and oxygen atoms in total. The van der Waals surface area contributed by atoms with Crippen molar-refractivity contribution in [2.24, 2.45) is 0 Å². The van der Waals surface area contributed by atoms with E-state index in [2.05, 4.69) is 19.9 Å². The Morgan fingerprint density at radius 3 is 2.46 bits per heavy atom. The summed E-state index contributed by atoms with van der Waals surface area (Å²) < 4.78 is 38.1. The van der Waals surface area contributed by atoms with Crippen LogP contribution in [0.3, 0.4) is 0 Å². The Morgan fingerprint density at radius 1 is 1.07 bits per heavy atom. The summed E-state index contributed by atoms with van der Waals surface area (Å²) >= 11 is 0. The van der Waals surface area contributed by atoms with Gasteiger partial charge in [-0.1, -0.05) is 30.3 Å². The van der Waals surface area contributed by atoms with Gasteiger partial charge in [0.25, 0.3) is 5.82 Å². The van der Waals surface area contributed by atoms with Crippen LogP contribution in [-0.2, 0) is 12.7 Å². The van der Waals surface area contributed by atoms with Crippen LogP contribution in [0.2, 0.25) is 0 Å². The quantitative estimate of drug-likeness (QED) is 0.715. The third-order valence-corrected chi connectivity index (χ3v) is 5.05. The second-order valence-corrected chi connectivity index (χ2v) is 7.00. The average molecular weight is 389 g/mol. The van der Waals surface area contributed by atoms with Crippen LogP contribution < -0.4 is 14.8 Å². The van der Waals surface area contributed by atoms with Crippen LogP contribution in [0.1, 0.15) is 11.3 Å². The summed E-state index contributed by atoms with van der Waals surface area (Å²) in [6, 6.07) is 12.6. The lowest BCUT2D eigenvalue weighted by atomic mass is 10.2. The van der Waals surface area contributed by atoms with Gasteiger partial charge in [0.15, 0.2) is 0 Å². The largest absolute Gasteiger partial charge is 0.419 e. The summed E-state index contributed by atoms with van der Waals surface area (Å²) in [4.78, 5) is 14.1. The number of benzene rings is 1. The fraction of sp³-hybridized carbons (Fsp3) is 0.300. The van der Waals surface area contributed by atoms with E-state index in [4.69, 9.17) is 0 Å². The summed E-state index contributed by atoms with van der Waals surface area (Å²) in [5.41, 5.74) is 1.49. The minimum atomic E-state index is -4.32. The zero-order valence-electron chi connectivity index (χ0n) is 15.3. The third-order valence-electron chi connectivity index (χ3n) is 5.05. The van der Waals surface area contributed by atoms with Crippen molar-refractivity contribution in [2.75, 3.05) is 31.1 Å². The molecular weight excluding hydrogens is 367 g/mol. The first-order valence-electron chi connectivity index (χ1n) is 9.26. The predicted molar refractivity (Wildman–Crippen MR) is 98.6 cm³/mol. The van der Waals surface area contributed by atoms with Crippen LogP contribution in [0, 0.1) is 0 Å². The molecule has 1 saturated heterocycles. The molecule has 3 aromatic rings. The van der Waals surface area contributed by atoms with Crippen molar-refractivity contribution in [3.8, 4) is 11.4 Å². The maximum atomic E-state index is 12.7. The molecule has 4 rings (SSSR count). The summed E-state index contributed by atoms with van der Waals surface area (Å²) in [5.74, 6) is 1.59. The lowest BCUT2D eigenvalue weighted by Crippen LogP contribution is -3.13. The summed E-state index contributed by atoms with van der Waals surface area (Å²) in [7, 11) is 0. The highest BCUT2D eigenvalue weighted by Crippen LogP contribution is 2.28. The van der Waals surface area contributed by atoms with Gasteiger partial charge in [0.1, 0.15) is 44.7 Å². The normalized spacial score (nSPS) is 15.8. The molecule has 0 spiro atoms. The second-order valence-electron chi connectivity index (χ2n) is 7.00. The number of imidazole rings is 1. The first kappa shape index (κ1) is 18.5. The topological polar surface area (TPSA) is 50.5 Å². The molecule has 2 aromatic heterocycles. The molecule has 0 aliphatic carbocycles. The standard InChI is InChI=1S/C20H20F3N5/c21-20(22,23)16-6-7-18(24-12-16)28-10-8-27(9-11-28)14-17-13-25-19(26-17)15-4-2-1-3-5-15/h1-7,12-13H,8-11,14H2,(H,25,26)/p+2. The fourth-order valence-electron chi connectivity index (χ4n) is 3.49. The Labute approximate surface area is 160 Å². The van der Waals surface area contributed by atoms with E-state index in [1.807, 2.05) is 36.5 Å². The van der Waals surface area contributed by atoms with E-state index in [0.29, 0.717) is 0 Å². The van der Waals surface area contributed by atoms with Crippen molar-refractivity contribution in [3.63, 3.8) is 0 Å². The van der Waals surface area contributed by atoms with Gasteiger partial charge in [-0.05, 0) is 6.07 Å². The fourth-order valence-corrected chi connectivity index (χ4v) is 3.49. The van der Waals surface area contributed by atoms with E-state index >= 15 is 0 Å². The molecule has 0 saturated carbocycles. The van der Waals surface area contributed by atoms with Gasteiger partial charge >= 0.3 is 6.18 Å². The average Bonchev–Trinajstić information content (AvgIpc) is 3.17. The molecule has 1 fully saturated rings. The molecular formula is C20H22F3N5+2. The number of aromatic nitrogens is 3. The maximum absolute atomic E-state index is 12.7. The highest BCUT2D eigenvalue weighted by molar-refractivity contribution is 5.54. The van der Waals surface area contributed by atoms with Crippen molar-refractivity contribution in [3.05, 3.63) is 66.1 Å². The van der Waals surface area contributed by atoms with Crippen LogP contribution in [-0.4, -0.2) is 36.1 Å². The van der Waals surface area contributed by atoms with Crippen LogP contribution >= 0.6 is 0 Å². The number of halogens is 3. The first-order valence-corrected chi connectivity index (χ1v) is 9.26. The first-order chi connectivity index (χ1) is 13.5. The SMILES string of the molecule is FC(F)(F)c1ccc(N2CC[NH+](Cc3cnc(-c4ccccc4)[nH]3)CC2)[nH+]c1. The zero-order valence-corrected chi connectivity index (χ0v) is 15.3. The molecule has 1 aliphatic heterocycles. The number of nitrogens with zero attached hydrogens (tertiary/aromatic N) is 2. The van der Waals surface area contributed by atoms with E-state index in [9.17, 15) is 13.2 Å². The molecule has 3 heterocycles. The molecule has 1 aromatic carbocycles. The Kier molecular flexibility index (Phi) is 5.04. The highest BCUT2D eigenvalue weighted by Gasteiger charge is 2.33. The van der Waals surface area contributed by atoms with Gasteiger partial charge < -0.3 is 9.88 Å². The molecule has 0 unspecified atom stereocenters. The Balaban J connectivity index is 1.33. The van der Waals surface area contributed by atoms with Gasteiger partial charge in [-0.3, -0.25) is 4.90 Å². The minimum absolute atomic E-state index is 0.658. The third kappa shape index (κ3) is 4.17. The molecule has 0 atom stereocenters. The van der Waals surface area contributed by atoms with Crippen molar-refractivity contribution < 1.29 is 23.1 Å².